The first kappa shape index (κ1) is 38.3. The Kier molecular flexibility index (Phi) is 11.9. The number of methoxy groups -OCH3 is 4. The molecule has 1 saturated heterocycles. The molecule has 1 aliphatic heterocycles. The number of carbonyl (C=O) groups excluding carboxylic acids is 2. The largest absolute Gasteiger partial charge is 0.495 e. The highest BCUT2D eigenvalue weighted by Gasteiger charge is 2.26. The predicted octanol–water partition coefficient (Wildman–Crippen LogP) is 4.41. The lowest BCUT2D eigenvalue weighted by molar-refractivity contribution is -0.396. The summed E-state index contributed by atoms with van der Waals surface area (Å²) in [5.74, 6) is 6.10. The van der Waals surface area contributed by atoms with Gasteiger partial charge in [-0.1, -0.05) is 29.0 Å². The summed E-state index contributed by atoms with van der Waals surface area (Å²) >= 11 is 0. The van der Waals surface area contributed by atoms with E-state index in [-0.39, 0.29) is 48.4 Å². The number of likely N-dealkylation sites (N-methyl/N-ethyl adjacent to an activating group) is 1. The van der Waals surface area contributed by atoms with Crippen LogP contribution in [0.25, 0.3) is 10.9 Å². The van der Waals surface area contributed by atoms with Crippen molar-refractivity contribution in [2.45, 2.75) is 26.2 Å². The number of rotatable bonds is 14. The van der Waals surface area contributed by atoms with Crippen LogP contribution < -0.4 is 18.9 Å². The van der Waals surface area contributed by atoms with E-state index in [0.29, 0.717) is 40.1 Å². The van der Waals surface area contributed by atoms with E-state index < -0.39 is 16.7 Å². The van der Waals surface area contributed by atoms with E-state index in [4.69, 9.17) is 23.7 Å². The van der Waals surface area contributed by atoms with Crippen molar-refractivity contribution in [1.82, 2.24) is 29.1 Å². The Labute approximate surface area is 317 Å². The summed E-state index contributed by atoms with van der Waals surface area (Å²) in [6.07, 6.45) is 3.08. The zero-order valence-corrected chi connectivity index (χ0v) is 31.2. The molecule has 2 aromatic heterocycles. The van der Waals surface area contributed by atoms with Crippen LogP contribution in [0, 0.1) is 22.0 Å². The average molecular weight is 752 g/mol. The van der Waals surface area contributed by atoms with Crippen molar-refractivity contribution >= 4 is 28.6 Å². The number of hydrogen-bond acceptors (Lipinski definition) is 13. The third kappa shape index (κ3) is 8.38. The Morgan fingerprint density at radius 2 is 1.64 bits per heavy atom. The number of imidazole rings is 1. The lowest BCUT2D eigenvalue weighted by Crippen LogP contribution is -2.43. The van der Waals surface area contributed by atoms with Crippen LogP contribution in [0.2, 0.25) is 0 Å². The quantitative estimate of drug-likeness (QED) is 0.0516. The monoisotopic (exact) mass is 751 g/mol. The van der Waals surface area contributed by atoms with Gasteiger partial charge < -0.3 is 38.7 Å². The van der Waals surface area contributed by atoms with E-state index >= 15 is 0 Å². The van der Waals surface area contributed by atoms with Crippen LogP contribution in [0.1, 0.15) is 44.0 Å². The highest BCUT2D eigenvalue weighted by molar-refractivity contribution is 6.16. The molecule has 6 rings (SSSR count). The van der Waals surface area contributed by atoms with Gasteiger partial charge in [0.15, 0.2) is 18.2 Å². The number of hydrogen-bond donors (Lipinski definition) is 0. The van der Waals surface area contributed by atoms with Crippen LogP contribution in [0.3, 0.4) is 0 Å². The van der Waals surface area contributed by atoms with Crippen molar-refractivity contribution in [3.8, 4) is 34.8 Å². The van der Waals surface area contributed by atoms with Gasteiger partial charge in [0.25, 0.3) is 0 Å². The predicted molar refractivity (Wildman–Crippen MR) is 201 cm³/mol. The minimum Gasteiger partial charge on any atom is -0.495 e. The molecular weight excluding hydrogens is 710 g/mol. The second kappa shape index (κ2) is 17.1. The molecule has 3 heterocycles. The lowest BCUT2D eigenvalue weighted by atomic mass is 10.0. The number of aryl methyl sites for hydroxylation is 1. The molecule has 286 valence electrons. The van der Waals surface area contributed by atoms with Gasteiger partial charge in [-0.05, 0) is 53.9 Å². The van der Waals surface area contributed by atoms with Gasteiger partial charge in [-0.15, -0.1) is 0 Å². The zero-order chi connectivity index (χ0) is 39.1. The summed E-state index contributed by atoms with van der Waals surface area (Å²) in [5, 5.41) is 16.4. The number of nitro groups is 1. The maximum atomic E-state index is 14.3. The maximum absolute atomic E-state index is 14.3. The van der Waals surface area contributed by atoms with Crippen molar-refractivity contribution in [2.75, 3.05) is 61.7 Å². The standard InChI is InChI=1S/C39H41N7O9/c1-42-17-19-43(20-18-42)24-26-9-8-10-27(21-26)38(48)55-25-45-35-29(11-6-7-15-44-16-14-40-39(44)46(49)50)31(51-2)13-12-30(35)34(41-45)36(47)28-22-32(52-3)37(54-5)33(23-28)53-4/h8-10,12-14,16,21-23H,7,15,17-20,24-25H2,1-5H3. The van der Waals surface area contributed by atoms with Gasteiger partial charge >= 0.3 is 11.9 Å². The van der Waals surface area contributed by atoms with E-state index in [1.807, 2.05) is 18.2 Å². The summed E-state index contributed by atoms with van der Waals surface area (Å²) in [4.78, 5) is 47.0. The molecule has 0 spiro atoms. The van der Waals surface area contributed by atoms with E-state index in [9.17, 15) is 19.7 Å². The second-order valence-electron chi connectivity index (χ2n) is 12.7. The number of piperazine rings is 1. The first-order chi connectivity index (χ1) is 26.6. The van der Waals surface area contributed by atoms with E-state index in [0.717, 1.165) is 31.7 Å². The summed E-state index contributed by atoms with van der Waals surface area (Å²) in [6.45, 7) is 4.39. The number of nitrogens with zero attached hydrogens (tertiary/aromatic N) is 7. The Balaban J connectivity index is 1.36. The molecule has 0 radical (unpaired) electrons. The molecule has 0 atom stereocenters. The van der Waals surface area contributed by atoms with Crippen LogP contribution in [0.5, 0.6) is 23.0 Å². The number of aromatic nitrogens is 4. The molecule has 16 heteroatoms. The number of esters is 1. The number of benzene rings is 3. The van der Waals surface area contributed by atoms with Crippen LogP contribution >= 0.6 is 0 Å². The lowest BCUT2D eigenvalue weighted by Gasteiger charge is -2.32. The molecular formula is C39H41N7O9. The highest BCUT2D eigenvalue weighted by Crippen LogP contribution is 2.39. The summed E-state index contributed by atoms with van der Waals surface area (Å²) in [5.41, 5.74) is 2.39. The maximum Gasteiger partial charge on any atom is 0.434 e. The first-order valence-corrected chi connectivity index (χ1v) is 17.4. The van der Waals surface area contributed by atoms with Crippen molar-refractivity contribution in [1.29, 1.82) is 0 Å². The Bertz CT molecular complexity index is 2250. The summed E-state index contributed by atoms with van der Waals surface area (Å²) < 4.78 is 30.7. The van der Waals surface area contributed by atoms with E-state index in [1.165, 1.54) is 62.2 Å². The fourth-order valence-corrected chi connectivity index (χ4v) is 6.40. The number of ether oxygens (including phenoxy) is 5. The van der Waals surface area contributed by atoms with Gasteiger partial charge in [0.05, 0.1) is 51.6 Å². The molecule has 1 aliphatic rings. The number of carbonyl (C=O) groups is 2. The fourth-order valence-electron chi connectivity index (χ4n) is 6.40. The van der Waals surface area contributed by atoms with Crippen LogP contribution in [0.15, 0.2) is 60.9 Å². The van der Waals surface area contributed by atoms with E-state index in [1.54, 1.807) is 18.2 Å². The molecule has 0 N–H and O–H groups in total. The Morgan fingerprint density at radius 3 is 2.31 bits per heavy atom. The molecule has 0 unspecified atom stereocenters. The molecule has 1 fully saturated rings. The number of ketones is 1. The molecule has 3 aromatic carbocycles. The third-order valence-corrected chi connectivity index (χ3v) is 9.27. The smallest absolute Gasteiger partial charge is 0.434 e. The normalized spacial score (nSPS) is 13.2. The summed E-state index contributed by atoms with van der Waals surface area (Å²) in [6, 6.07) is 13.8. The van der Waals surface area contributed by atoms with Gasteiger partial charge in [0, 0.05) is 50.1 Å². The minimum absolute atomic E-state index is 0.0502. The van der Waals surface area contributed by atoms with Crippen molar-refractivity contribution in [3.05, 3.63) is 99.0 Å². The van der Waals surface area contributed by atoms with Crippen LogP contribution in [0.4, 0.5) is 5.95 Å². The molecule has 55 heavy (non-hydrogen) atoms. The molecule has 0 bridgehead atoms. The average Bonchev–Trinajstić information content (AvgIpc) is 3.84. The number of fused-ring (bicyclic) bond motifs is 1. The van der Waals surface area contributed by atoms with Gasteiger partial charge in [-0.2, -0.15) is 5.10 Å². The van der Waals surface area contributed by atoms with Crippen LogP contribution in [-0.2, 0) is 24.6 Å². The van der Waals surface area contributed by atoms with Gasteiger partial charge in [0.1, 0.15) is 23.8 Å². The molecule has 0 aliphatic carbocycles. The third-order valence-electron chi connectivity index (χ3n) is 9.27. The highest BCUT2D eigenvalue weighted by atomic mass is 16.6. The van der Waals surface area contributed by atoms with Crippen LogP contribution in [-0.4, -0.2) is 107 Å². The second-order valence-corrected chi connectivity index (χ2v) is 12.7. The SMILES string of the molecule is COc1cc(C(=O)c2nn(COC(=O)c3cccc(CN4CCN(C)CC4)c3)c3c(C#CCCn4ccnc4[N+](=O)[O-])c(OC)ccc23)cc(OC)c1OC. The van der Waals surface area contributed by atoms with Gasteiger partial charge in [-0.25, -0.2) is 14.0 Å². The zero-order valence-electron chi connectivity index (χ0n) is 31.2. The van der Waals surface area contributed by atoms with Crippen molar-refractivity contribution in [2.24, 2.45) is 0 Å². The van der Waals surface area contributed by atoms with Crippen molar-refractivity contribution < 1.29 is 38.2 Å². The Morgan fingerprint density at radius 1 is 0.909 bits per heavy atom. The Hall–Kier alpha value is -6.44. The molecule has 16 nitrogen and oxygen atoms in total. The molecule has 0 saturated carbocycles. The van der Waals surface area contributed by atoms with Gasteiger partial charge in [-0.3, -0.25) is 9.69 Å². The topological polar surface area (TPSA) is 166 Å². The van der Waals surface area contributed by atoms with E-state index in [2.05, 4.69) is 38.8 Å². The summed E-state index contributed by atoms with van der Waals surface area (Å²) in [7, 11) is 7.96. The fraction of sp³-hybridized carbons (Fsp3) is 0.333. The van der Waals surface area contributed by atoms with Gasteiger partial charge in [0.2, 0.25) is 11.5 Å². The minimum atomic E-state index is -0.571. The molecule has 0 amide bonds. The first-order valence-electron chi connectivity index (χ1n) is 17.4. The molecule has 5 aromatic rings. The van der Waals surface area contributed by atoms with Crippen molar-refractivity contribution in [3.63, 3.8) is 0 Å².